The molecule has 1 aromatic rings. The summed E-state index contributed by atoms with van der Waals surface area (Å²) < 4.78 is 5.57. The van der Waals surface area contributed by atoms with E-state index in [9.17, 15) is 9.59 Å². The second-order valence-corrected chi connectivity index (χ2v) is 7.81. The molecule has 0 aromatic carbocycles. The maximum atomic E-state index is 12.8. The lowest BCUT2D eigenvalue weighted by Gasteiger charge is -2.49. The second-order valence-electron chi connectivity index (χ2n) is 7.81. The predicted molar refractivity (Wildman–Crippen MR) is 94.1 cm³/mol. The van der Waals surface area contributed by atoms with E-state index in [1.54, 1.807) is 12.1 Å². The van der Waals surface area contributed by atoms with Crippen LogP contribution in [0.5, 0.6) is 0 Å². The Morgan fingerprint density at radius 1 is 1.20 bits per heavy atom. The predicted octanol–water partition coefficient (Wildman–Crippen LogP) is 2.28. The monoisotopic (exact) mass is 346 g/mol. The zero-order valence-electron chi connectivity index (χ0n) is 15.1. The van der Waals surface area contributed by atoms with Gasteiger partial charge in [-0.05, 0) is 52.2 Å². The number of nitrogen functional groups attached to an aromatic ring is 1. The summed E-state index contributed by atoms with van der Waals surface area (Å²) in [5.74, 6) is 0.330. The minimum absolute atomic E-state index is 0.00745. The fraction of sp³-hybridized carbons (Fsp3) is 0.611. The van der Waals surface area contributed by atoms with Gasteiger partial charge in [0.05, 0.1) is 17.6 Å². The molecule has 0 aliphatic carbocycles. The van der Waals surface area contributed by atoms with Gasteiger partial charge in [0.1, 0.15) is 11.4 Å². The Morgan fingerprint density at radius 2 is 1.84 bits per heavy atom. The maximum absolute atomic E-state index is 12.8. The van der Waals surface area contributed by atoms with Gasteiger partial charge in [0.15, 0.2) is 0 Å². The lowest BCUT2D eigenvalue weighted by Crippen LogP contribution is -2.64. The highest BCUT2D eigenvalue weighted by atomic mass is 16.6. The van der Waals surface area contributed by atoms with Crippen molar-refractivity contribution in [1.82, 2.24) is 14.8 Å². The number of pyridine rings is 1. The lowest BCUT2D eigenvalue weighted by molar-refractivity contribution is -0.0334. The summed E-state index contributed by atoms with van der Waals surface area (Å²) in [4.78, 5) is 33.0. The molecule has 2 atom stereocenters. The van der Waals surface area contributed by atoms with Gasteiger partial charge >= 0.3 is 6.09 Å². The number of amides is 2. The molecule has 2 fully saturated rings. The summed E-state index contributed by atoms with van der Waals surface area (Å²) in [7, 11) is 0. The van der Waals surface area contributed by atoms with Gasteiger partial charge in [-0.15, -0.1) is 0 Å². The van der Waals surface area contributed by atoms with Crippen LogP contribution in [0.4, 0.5) is 10.6 Å². The van der Waals surface area contributed by atoms with Crippen molar-refractivity contribution in [2.24, 2.45) is 0 Å². The van der Waals surface area contributed by atoms with Crippen LogP contribution in [0.15, 0.2) is 18.3 Å². The second kappa shape index (κ2) is 6.54. The third-order valence-corrected chi connectivity index (χ3v) is 4.65. The van der Waals surface area contributed by atoms with E-state index >= 15 is 0 Å². The molecule has 2 amide bonds. The third kappa shape index (κ3) is 3.86. The number of piperidine rings is 1. The number of carbonyl (C=O) groups excluding carboxylic acids is 2. The molecule has 2 aliphatic heterocycles. The number of carbonyl (C=O) groups is 2. The smallest absolute Gasteiger partial charge is 0.410 e. The van der Waals surface area contributed by atoms with E-state index in [0.29, 0.717) is 24.5 Å². The Hall–Kier alpha value is -2.31. The first-order chi connectivity index (χ1) is 11.7. The highest BCUT2D eigenvalue weighted by Crippen LogP contribution is 2.31. The van der Waals surface area contributed by atoms with Gasteiger partial charge in [0.2, 0.25) is 0 Å². The number of ether oxygens (including phenoxy) is 1. The lowest BCUT2D eigenvalue weighted by atomic mass is 9.91. The first-order valence-corrected chi connectivity index (χ1v) is 8.77. The number of aromatic nitrogens is 1. The van der Waals surface area contributed by atoms with Crippen molar-refractivity contribution >= 4 is 17.8 Å². The molecular weight excluding hydrogens is 320 g/mol. The molecule has 0 radical (unpaired) electrons. The van der Waals surface area contributed by atoms with Crippen molar-refractivity contribution in [3.05, 3.63) is 23.9 Å². The van der Waals surface area contributed by atoms with E-state index in [2.05, 4.69) is 4.98 Å². The molecule has 2 N–H and O–H groups in total. The van der Waals surface area contributed by atoms with Crippen molar-refractivity contribution < 1.29 is 14.3 Å². The zero-order chi connectivity index (χ0) is 18.2. The number of anilines is 1. The molecular formula is C18H26N4O3. The number of rotatable bonds is 1. The molecule has 3 heterocycles. The Kier molecular flexibility index (Phi) is 4.58. The molecule has 2 aliphatic rings. The fourth-order valence-corrected chi connectivity index (χ4v) is 3.60. The normalized spacial score (nSPS) is 23.3. The molecule has 7 heteroatoms. The molecule has 2 bridgehead atoms. The molecule has 25 heavy (non-hydrogen) atoms. The Labute approximate surface area is 148 Å². The van der Waals surface area contributed by atoms with Crippen molar-refractivity contribution in [2.45, 2.75) is 57.7 Å². The molecule has 2 unspecified atom stereocenters. The fourth-order valence-electron chi connectivity index (χ4n) is 3.60. The SMILES string of the molecule is CC(C)(C)OC(=O)N1C2CCCC1CN(C(=O)c1ccc(N)nc1)C2. The van der Waals surface area contributed by atoms with Crippen molar-refractivity contribution in [3.8, 4) is 0 Å². The molecule has 1 aromatic heterocycles. The van der Waals surface area contributed by atoms with Gasteiger partial charge in [-0.25, -0.2) is 9.78 Å². The van der Waals surface area contributed by atoms with Crippen molar-refractivity contribution in [1.29, 1.82) is 0 Å². The van der Waals surface area contributed by atoms with E-state index < -0.39 is 5.60 Å². The van der Waals surface area contributed by atoms with E-state index in [4.69, 9.17) is 10.5 Å². The number of hydrogen-bond donors (Lipinski definition) is 1. The Balaban J connectivity index is 1.73. The first kappa shape index (κ1) is 17.5. The topological polar surface area (TPSA) is 88.8 Å². The number of hydrogen-bond acceptors (Lipinski definition) is 5. The molecule has 0 spiro atoms. The summed E-state index contributed by atoms with van der Waals surface area (Å²) in [6.07, 6.45) is 4.08. The van der Waals surface area contributed by atoms with Gasteiger partial charge < -0.3 is 15.4 Å². The number of nitrogens with zero attached hydrogens (tertiary/aromatic N) is 3. The van der Waals surface area contributed by atoms with Crippen LogP contribution < -0.4 is 5.73 Å². The van der Waals surface area contributed by atoms with Crippen LogP contribution in [-0.4, -0.2) is 57.6 Å². The van der Waals surface area contributed by atoms with E-state index in [1.165, 1.54) is 6.20 Å². The quantitative estimate of drug-likeness (QED) is 0.843. The van der Waals surface area contributed by atoms with Crippen LogP contribution in [0, 0.1) is 0 Å². The summed E-state index contributed by atoms with van der Waals surface area (Å²) in [5, 5.41) is 0. The molecule has 7 nitrogen and oxygen atoms in total. The average molecular weight is 346 g/mol. The Bertz CT molecular complexity index is 639. The van der Waals surface area contributed by atoms with Crippen LogP contribution in [0.3, 0.4) is 0 Å². The number of nitrogens with two attached hydrogens (primary N) is 1. The van der Waals surface area contributed by atoms with Crippen LogP contribution >= 0.6 is 0 Å². The van der Waals surface area contributed by atoms with Gasteiger partial charge in [0.25, 0.3) is 5.91 Å². The van der Waals surface area contributed by atoms with Crippen LogP contribution in [0.2, 0.25) is 0 Å². The summed E-state index contributed by atoms with van der Waals surface area (Å²) >= 11 is 0. The molecule has 0 saturated carbocycles. The van der Waals surface area contributed by atoms with Gasteiger partial charge in [-0.1, -0.05) is 0 Å². The third-order valence-electron chi connectivity index (χ3n) is 4.65. The number of fused-ring (bicyclic) bond motifs is 2. The van der Waals surface area contributed by atoms with Crippen molar-refractivity contribution in [3.63, 3.8) is 0 Å². The van der Waals surface area contributed by atoms with Gasteiger partial charge in [-0.2, -0.15) is 0 Å². The summed E-state index contributed by atoms with van der Waals surface area (Å²) in [5.41, 5.74) is 5.59. The average Bonchev–Trinajstić information content (AvgIpc) is 2.52. The van der Waals surface area contributed by atoms with E-state index in [0.717, 1.165) is 19.3 Å². The first-order valence-electron chi connectivity index (χ1n) is 8.77. The minimum atomic E-state index is -0.520. The van der Waals surface area contributed by atoms with Gasteiger partial charge in [-0.3, -0.25) is 9.69 Å². The van der Waals surface area contributed by atoms with Gasteiger partial charge in [0, 0.05) is 19.3 Å². The molecule has 2 saturated heterocycles. The van der Waals surface area contributed by atoms with Crippen molar-refractivity contribution in [2.75, 3.05) is 18.8 Å². The summed E-state index contributed by atoms with van der Waals surface area (Å²) in [6.45, 7) is 6.66. The standard InChI is InChI=1S/C18H26N4O3/c1-18(2,3)25-17(24)22-13-5-4-6-14(22)11-21(10-13)16(23)12-7-8-15(19)20-9-12/h7-9,13-14H,4-6,10-11H2,1-3H3,(H2,19,20). The zero-order valence-corrected chi connectivity index (χ0v) is 15.1. The highest BCUT2D eigenvalue weighted by molar-refractivity contribution is 5.94. The minimum Gasteiger partial charge on any atom is -0.444 e. The maximum Gasteiger partial charge on any atom is 0.410 e. The molecule has 3 rings (SSSR count). The van der Waals surface area contributed by atoms with Crippen LogP contribution in [-0.2, 0) is 4.74 Å². The Morgan fingerprint density at radius 3 is 2.36 bits per heavy atom. The number of likely N-dealkylation sites (tertiary alicyclic amines) is 1. The van der Waals surface area contributed by atoms with Crippen LogP contribution in [0.25, 0.3) is 0 Å². The van der Waals surface area contributed by atoms with E-state index in [1.807, 2.05) is 30.6 Å². The molecule has 136 valence electrons. The van der Waals surface area contributed by atoms with E-state index in [-0.39, 0.29) is 24.1 Å². The summed E-state index contributed by atoms with van der Waals surface area (Å²) in [6, 6.07) is 3.34. The largest absolute Gasteiger partial charge is 0.444 e. The highest BCUT2D eigenvalue weighted by Gasteiger charge is 2.43. The number of piperazine rings is 1. The van der Waals surface area contributed by atoms with Crippen LogP contribution in [0.1, 0.15) is 50.4 Å².